The summed E-state index contributed by atoms with van der Waals surface area (Å²) < 4.78 is 31.1. The lowest BCUT2D eigenvalue weighted by atomic mass is 9.99. The van der Waals surface area contributed by atoms with E-state index in [2.05, 4.69) is 9.67 Å². The first-order chi connectivity index (χ1) is 26.9. The van der Waals surface area contributed by atoms with Crippen molar-refractivity contribution in [1.82, 2.24) is 24.1 Å². The van der Waals surface area contributed by atoms with Gasteiger partial charge in [-0.15, -0.1) is 5.10 Å². The van der Waals surface area contributed by atoms with E-state index in [0.717, 1.165) is 62.6 Å². The zero-order valence-corrected chi connectivity index (χ0v) is 31.3. The van der Waals surface area contributed by atoms with E-state index in [4.69, 9.17) is 33.7 Å². The Hall–Kier alpha value is -6.90. The van der Waals surface area contributed by atoms with Crippen molar-refractivity contribution in [2.45, 2.75) is 65.6 Å². The molecule has 0 spiro atoms. The van der Waals surface area contributed by atoms with Crippen LogP contribution in [0.3, 0.4) is 0 Å². The van der Waals surface area contributed by atoms with Gasteiger partial charge < -0.3 is 28.3 Å². The zero-order valence-electron chi connectivity index (χ0n) is 31.3. The standard InChI is InChI=1S/C41H39N5O10/c1-24(47)52-22-32(53-25(2)48)36(54-26(3)49)37(55-27(4)50)38(56-28(5)51)39-43-41-34-33(30-17-11-7-12-18-30)35(31-19-13-8-14-20-31)45(21-29-15-9-6-10-16-29)40(34)42-23-46(41)44-39/h6-20,23,32,36-38H,21-22H2,1-5H3/t32-,36-,37+,38-/m1/s1. The van der Waals surface area contributed by atoms with Crippen LogP contribution in [0.15, 0.2) is 97.3 Å². The predicted octanol–water partition coefficient (Wildman–Crippen LogP) is 5.42. The summed E-state index contributed by atoms with van der Waals surface area (Å²) in [5.74, 6) is -4.29. The maximum absolute atomic E-state index is 12.8. The second-order valence-electron chi connectivity index (χ2n) is 12.8. The SMILES string of the molecule is CC(=O)OC[C@@H](OC(C)=O)[C@@H](OC(C)=O)[C@H](OC(C)=O)[C@@H](OC(C)=O)c1nc2c3c(-c4ccccc4)c(-c4ccccc4)n(Cc4ccccc4)c3ncn2n1. The Kier molecular flexibility index (Phi) is 11.8. The van der Waals surface area contributed by atoms with Crippen LogP contribution in [0, 0.1) is 0 Å². The lowest BCUT2D eigenvalue weighted by Crippen LogP contribution is -2.50. The van der Waals surface area contributed by atoms with Gasteiger partial charge in [0.2, 0.25) is 6.10 Å². The Bertz CT molecular complexity index is 2380. The quantitative estimate of drug-likeness (QED) is 0.102. The fourth-order valence-corrected chi connectivity index (χ4v) is 6.57. The van der Waals surface area contributed by atoms with E-state index in [1.807, 2.05) is 91.0 Å². The molecule has 0 aliphatic rings. The Labute approximate surface area is 321 Å². The number of carbonyl (C=O) groups excluding carboxylic acids is 5. The van der Waals surface area contributed by atoms with Crippen LogP contribution in [-0.2, 0) is 54.2 Å². The number of esters is 5. The van der Waals surface area contributed by atoms with Gasteiger partial charge in [0.1, 0.15) is 18.6 Å². The number of hydrogen-bond donors (Lipinski definition) is 0. The van der Waals surface area contributed by atoms with E-state index in [0.29, 0.717) is 23.2 Å². The minimum atomic E-state index is -1.71. The van der Waals surface area contributed by atoms with Crippen LogP contribution in [0.2, 0.25) is 0 Å². The molecule has 288 valence electrons. The highest BCUT2D eigenvalue weighted by atomic mass is 16.6. The molecule has 56 heavy (non-hydrogen) atoms. The third kappa shape index (κ3) is 8.73. The fraction of sp³-hybridized carbons (Fsp3) is 0.268. The number of carbonyl (C=O) groups is 5. The molecule has 0 aliphatic heterocycles. The number of benzene rings is 3. The first-order valence-electron chi connectivity index (χ1n) is 17.7. The van der Waals surface area contributed by atoms with Crippen molar-refractivity contribution in [2.24, 2.45) is 0 Å². The van der Waals surface area contributed by atoms with Crippen molar-refractivity contribution in [3.05, 3.63) is 109 Å². The van der Waals surface area contributed by atoms with Crippen LogP contribution < -0.4 is 0 Å². The number of ether oxygens (including phenoxy) is 5. The average molecular weight is 762 g/mol. The van der Waals surface area contributed by atoms with Crippen molar-refractivity contribution in [1.29, 1.82) is 0 Å². The van der Waals surface area contributed by atoms with Crippen LogP contribution in [0.5, 0.6) is 0 Å². The maximum atomic E-state index is 12.8. The summed E-state index contributed by atoms with van der Waals surface area (Å²) in [4.78, 5) is 71.9. The van der Waals surface area contributed by atoms with Gasteiger partial charge in [0.05, 0.1) is 11.1 Å². The first kappa shape index (κ1) is 38.8. The number of fused-ring (bicyclic) bond motifs is 3. The van der Waals surface area contributed by atoms with Gasteiger partial charge in [0, 0.05) is 46.7 Å². The van der Waals surface area contributed by atoms with E-state index < -0.39 is 60.9 Å². The lowest BCUT2D eigenvalue weighted by molar-refractivity contribution is -0.204. The van der Waals surface area contributed by atoms with Crippen LogP contribution in [0.4, 0.5) is 0 Å². The largest absolute Gasteiger partial charge is 0.462 e. The van der Waals surface area contributed by atoms with Crippen LogP contribution in [0.1, 0.15) is 52.1 Å². The van der Waals surface area contributed by atoms with Crippen molar-refractivity contribution in [3.63, 3.8) is 0 Å². The summed E-state index contributed by atoms with van der Waals surface area (Å²) >= 11 is 0. The summed E-state index contributed by atoms with van der Waals surface area (Å²) in [6.45, 7) is 5.37. The normalized spacial score (nSPS) is 13.3. The van der Waals surface area contributed by atoms with E-state index in [1.165, 1.54) is 10.8 Å². The van der Waals surface area contributed by atoms with Gasteiger partial charge in [0.15, 0.2) is 29.8 Å². The number of rotatable bonds is 14. The molecular weight excluding hydrogens is 722 g/mol. The number of hydrogen-bond acceptors (Lipinski definition) is 13. The molecule has 0 aliphatic carbocycles. The monoisotopic (exact) mass is 761 g/mol. The van der Waals surface area contributed by atoms with E-state index >= 15 is 0 Å². The molecule has 0 amide bonds. The van der Waals surface area contributed by atoms with Gasteiger partial charge >= 0.3 is 29.8 Å². The van der Waals surface area contributed by atoms with E-state index in [9.17, 15) is 24.0 Å². The third-order valence-corrected chi connectivity index (χ3v) is 8.60. The lowest BCUT2D eigenvalue weighted by Gasteiger charge is -2.34. The summed E-state index contributed by atoms with van der Waals surface area (Å²) in [6, 6.07) is 29.5. The Morgan fingerprint density at radius 1 is 0.625 bits per heavy atom. The molecule has 3 heterocycles. The number of nitrogens with zero attached hydrogens (tertiary/aromatic N) is 5. The molecule has 15 nitrogen and oxygen atoms in total. The Balaban J connectivity index is 1.63. The van der Waals surface area contributed by atoms with Crippen molar-refractivity contribution in [2.75, 3.05) is 6.61 Å². The molecule has 0 unspecified atom stereocenters. The first-order valence-corrected chi connectivity index (χ1v) is 17.7. The van der Waals surface area contributed by atoms with Gasteiger partial charge in [-0.05, 0) is 16.7 Å². The molecule has 3 aromatic carbocycles. The van der Waals surface area contributed by atoms with Crippen molar-refractivity contribution < 1.29 is 47.7 Å². The second kappa shape index (κ2) is 17.1. The van der Waals surface area contributed by atoms with Crippen molar-refractivity contribution in [3.8, 4) is 22.4 Å². The van der Waals surface area contributed by atoms with Gasteiger partial charge in [-0.25, -0.2) is 14.5 Å². The van der Waals surface area contributed by atoms with E-state index in [1.54, 1.807) is 0 Å². The molecule has 6 aromatic rings. The topological polar surface area (TPSA) is 180 Å². The Morgan fingerprint density at radius 3 is 1.75 bits per heavy atom. The molecule has 15 heteroatoms. The molecule has 0 radical (unpaired) electrons. The van der Waals surface area contributed by atoms with Gasteiger partial charge in [-0.2, -0.15) is 0 Å². The van der Waals surface area contributed by atoms with E-state index in [-0.39, 0.29) is 5.82 Å². The molecule has 0 fully saturated rings. The minimum Gasteiger partial charge on any atom is -0.462 e. The summed E-state index contributed by atoms with van der Waals surface area (Å²) in [6.07, 6.45) is -5.08. The van der Waals surface area contributed by atoms with Crippen molar-refractivity contribution >= 4 is 46.5 Å². The van der Waals surface area contributed by atoms with Gasteiger partial charge in [-0.1, -0.05) is 91.0 Å². The second-order valence-corrected chi connectivity index (χ2v) is 12.8. The predicted molar refractivity (Wildman–Crippen MR) is 200 cm³/mol. The molecular formula is C41H39N5O10. The molecule has 0 saturated carbocycles. The summed E-state index contributed by atoms with van der Waals surface area (Å²) in [7, 11) is 0. The van der Waals surface area contributed by atoms with Crippen LogP contribution in [0.25, 0.3) is 39.1 Å². The smallest absolute Gasteiger partial charge is 0.303 e. The summed E-state index contributed by atoms with van der Waals surface area (Å²) in [5.41, 5.74) is 5.35. The zero-order chi connectivity index (χ0) is 39.9. The Morgan fingerprint density at radius 2 is 1.18 bits per heavy atom. The molecule has 0 bridgehead atoms. The molecule has 4 atom stereocenters. The number of aromatic nitrogens is 5. The molecule has 0 N–H and O–H groups in total. The highest BCUT2D eigenvalue weighted by molar-refractivity contribution is 6.09. The van der Waals surface area contributed by atoms with Crippen LogP contribution in [-0.4, -0.2) is 78.9 Å². The third-order valence-electron chi connectivity index (χ3n) is 8.60. The highest BCUT2D eigenvalue weighted by Gasteiger charge is 2.46. The fourth-order valence-electron chi connectivity index (χ4n) is 6.57. The minimum absolute atomic E-state index is 0.164. The maximum Gasteiger partial charge on any atom is 0.303 e. The summed E-state index contributed by atoms with van der Waals surface area (Å²) in [5, 5.41) is 5.28. The average Bonchev–Trinajstić information content (AvgIpc) is 3.74. The van der Waals surface area contributed by atoms with Gasteiger partial charge in [0.25, 0.3) is 0 Å². The molecule has 6 rings (SSSR count). The highest BCUT2D eigenvalue weighted by Crippen LogP contribution is 2.42. The molecule has 3 aromatic heterocycles. The van der Waals surface area contributed by atoms with Crippen LogP contribution >= 0.6 is 0 Å². The van der Waals surface area contributed by atoms with Gasteiger partial charge in [-0.3, -0.25) is 24.0 Å². The molecule has 0 saturated heterocycles.